The van der Waals surface area contributed by atoms with Crippen molar-refractivity contribution in [2.45, 2.75) is 6.92 Å². The molecule has 1 heterocycles. The van der Waals surface area contributed by atoms with E-state index in [1.807, 2.05) is 13.0 Å². The number of rotatable bonds is 2. The minimum atomic E-state index is -0.254. The van der Waals surface area contributed by atoms with Crippen LogP contribution in [0.15, 0.2) is 48.5 Å². The molecule has 19 heavy (non-hydrogen) atoms. The van der Waals surface area contributed by atoms with Crippen molar-refractivity contribution < 1.29 is 9.23 Å². The third-order valence-electron chi connectivity index (χ3n) is 2.90. The highest BCUT2D eigenvalue weighted by atomic mass is 35.5. The summed E-state index contributed by atoms with van der Waals surface area (Å²) in [6, 6.07) is 13.6. The van der Waals surface area contributed by atoms with Crippen molar-refractivity contribution in [1.82, 2.24) is 4.73 Å². The summed E-state index contributed by atoms with van der Waals surface area (Å²) in [4.78, 5) is 5.79. The van der Waals surface area contributed by atoms with Crippen LogP contribution in [-0.4, -0.2) is 4.73 Å². The number of halogens is 2. The molecule has 2 nitrogen and oxygen atoms in total. The lowest BCUT2D eigenvalue weighted by Crippen LogP contribution is -2.06. The van der Waals surface area contributed by atoms with Gasteiger partial charge in [0.05, 0.1) is 11.2 Å². The fourth-order valence-electron chi connectivity index (χ4n) is 2.02. The van der Waals surface area contributed by atoms with Crippen LogP contribution < -0.4 is 4.84 Å². The molecule has 0 N–H and O–H groups in total. The zero-order valence-electron chi connectivity index (χ0n) is 10.2. The predicted molar refractivity (Wildman–Crippen MR) is 74.1 cm³/mol. The number of benzene rings is 2. The van der Waals surface area contributed by atoms with Gasteiger partial charge in [0.2, 0.25) is 0 Å². The molecule has 0 spiro atoms. The van der Waals surface area contributed by atoms with E-state index in [0.29, 0.717) is 10.8 Å². The summed E-state index contributed by atoms with van der Waals surface area (Å²) in [6.07, 6.45) is 0. The molecule has 0 fully saturated rings. The van der Waals surface area contributed by atoms with E-state index in [2.05, 4.69) is 0 Å². The number of hydrogen-bond donors (Lipinski definition) is 0. The number of aromatic nitrogens is 1. The normalized spacial score (nSPS) is 10.9. The zero-order chi connectivity index (χ0) is 13.4. The molecule has 3 rings (SSSR count). The Morgan fingerprint density at radius 1 is 1.05 bits per heavy atom. The molecule has 0 aliphatic heterocycles. The van der Waals surface area contributed by atoms with Crippen LogP contribution in [-0.2, 0) is 0 Å². The third-order valence-corrected chi connectivity index (χ3v) is 3.16. The second-order valence-electron chi connectivity index (χ2n) is 4.33. The van der Waals surface area contributed by atoms with Crippen molar-refractivity contribution in [2.24, 2.45) is 0 Å². The maximum Gasteiger partial charge on any atom is 0.155 e. The SMILES string of the molecule is Cc1cc2cc(F)ccc2n1Oc1ccc(Cl)cc1. The van der Waals surface area contributed by atoms with Gasteiger partial charge in [-0.2, -0.15) is 4.73 Å². The first-order chi connectivity index (χ1) is 9.13. The van der Waals surface area contributed by atoms with E-state index in [-0.39, 0.29) is 5.82 Å². The Balaban J connectivity index is 2.05. The second kappa shape index (κ2) is 4.59. The highest BCUT2D eigenvalue weighted by Gasteiger charge is 2.08. The molecule has 2 aromatic carbocycles. The van der Waals surface area contributed by atoms with Gasteiger partial charge in [-0.05, 0) is 55.5 Å². The average molecular weight is 276 g/mol. The highest BCUT2D eigenvalue weighted by Crippen LogP contribution is 2.23. The maximum absolute atomic E-state index is 13.2. The van der Waals surface area contributed by atoms with Crippen LogP contribution in [0.3, 0.4) is 0 Å². The number of nitrogens with zero attached hydrogens (tertiary/aromatic N) is 1. The number of hydrogen-bond acceptors (Lipinski definition) is 1. The summed E-state index contributed by atoms with van der Waals surface area (Å²) in [5.41, 5.74) is 1.73. The van der Waals surface area contributed by atoms with Crippen molar-refractivity contribution in [3.63, 3.8) is 0 Å². The molecule has 0 amide bonds. The average Bonchev–Trinajstić information content (AvgIpc) is 2.68. The van der Waals surface area contributed by atoms with Crippen LogP contribution in [0.4, 0.5) is 4.39 Å². The van der Waals surface area contributed by atoms with Gasteiger partial charge in [0.25, 0.3) is 0 Å². The summed E-state index contributed by atoms with van der Waals surface area (Å²) in [5.74, 6) is 0.422. The Morgan fingerprint density at radius 2 is 1.79 bits per heavy atom. The monoisotopic (exact) mass is 275 g/mol. The van der Waals surface area contributed by atoms with Crippen LogP contribution in [0.5, 0.6) is 5.75 Å². The van der Waals surface area contributed by atoms with Crippen molar-refractivity contribution in [3.05, 3.63) is 65.1 Å². The van der Waals surface area contributed by atoms with E-state index in [4.69, 9.17) is 16.4 Å². The smallest absolute Gasteiger partial charge is 0.155 e. The summed E-state index contributed by atoms with van der Waals surface area (Å²) in [5, 5.41) is 1.47. The first-order valence-electron chi connectivity index (χ1n) is 5.85. The standard InChI is InChI=1S/C15H11ClFNO/c1-10-8-11-9-13(17)4-7-15(11)18(10)19-14-5-2-12(16)3-6-14/h2-9H,1H3. The van der Waals surface area contributed by atoms with Gasteiger partial charge in [-0.15, -0.1) is 0 Å². The lowest BCUT2D eigenvalue weighted by molar-refractivity contribution is 0.223. The quantitative estimate of drug-likeness (QED) is 0.667. The van der Waals surface area contributed by atoms with Gasteiger partial charge in [-0.25, -0.2) is 4.39 Å². The molecule has 0 unspecified atom stereocenters. The minimum Gasteiger partial charge on any atom is -0.375 e. The topological polar surface area (TPSA) is 14.2 Å². The molecule has 0 atom stereocenters. The molecule has 0 aliphatic carbocycles. The van der Waals surface area contributed by atoms with Gasteiger partial charge in [-0.1, -0.05) is 11.6 Å². The molecular formula is C15H11ClFNO. The summed E-state index contributed by atoms with van der Waals surface area (Å²) >= 11 is 5.83. The fraction of sp³-hybridized carbons (Fsp3) is 0.0667. The van der Waals surface area contributed by atoms with Crippen LogP contribution in [0.25, 0.3) is 10.9 Å². The van der Waals surface area contributed by atoms with Crippen molar-refractivity contribution in [1.29, 1.82) is 0 Å². The minimum absolute atomic E-state index is 0.254. The first kappa shape index (κ1) is 12.1. The first-order valence-corrected chi connectivity index (χ1v) is 6.23. The highest BCUT2D eigenvalue weighted by molar-refractivity contribution is 6.30. The van der Waals surface area contributed by atoms with Crippen LogP contribution >= 0.6 is 11.6 Å². The molecule has 0 aliphatic rings. The third kappa shape index (κ3) is 2.29. The molecule has 0 bridgehead atoms. The molecule has 0 saturated carbocycles. The lowest BCUT2D eigenvalue weighted by Gasteiger charge is -2.10. The summed E-state index contributed by atoms with van der Waals surface area (Å²) in [7, 11) is 0. The maximum atomic E-state index is 13.2. The van der Waals surface area contributed by atoms with Gasteiger partial charge in [-0.3, -0.25) is 0 Å². The second-order valence-corrected chi connectivity index (χ2v) is 4.76. The van der Waals surface area contributed by atoms with Gasteiger partial charge in [0.1, 0.15) is 5.82 Å². The zero-order valence-corrected chi connectivity index (χ0v) is 11.0. The van der Waals surface area contributed by atoms with E-state index in [1.54, 1.807) is 35.1 Å². The molecular weight excluding hydrogens is 265 g/mol. The molecule has 4 heteroatoms. The molecule has 0 radical (unpaired) electrons. The van der Waals surface area contributed by atoms with Crippen LogP contribution in [0.1, 0.15) is 5.69 Å². The largest absolute Gasteiger partial charge is 0.375 e. The van der Waals surface area contributed by atoms with E-state index in [1.165, 1.54) is 12.1 Å². The number of aryl methyl sites for hydroxylation is 1. The summed E-state index contributed by atoms with van der Waals surface area (Å²) in [6.45, 7) is 1.91. The summed E-state index contributed by atoms with van der Waals surface area (Å²) < 4.78 is 14.9. The van der Waals surface area contributed by atoms with Gasteiger partial charge < -0.3 is 4.84 Å². The fourth-order valence-corrected chi connectivity index (χ4v) is 2.15. The number of fused-ring (bicyclic) bond motifs is 1. The van der Waals surface area contributed by atoms with Crippen molar-refractivity contribution >= 4 is 22.5 Å². The molecule has 96 valence electrons. The lowest BCUT2D eigenvalue weighted by atomic mass is 10.2. The van der Waals surface area contributed by atoms with E-state index in [0.717, 1.165) is 16.6 Å². The van der Waals surface area contributed by atoms with Crippen LogP contribution in [0.2, 0.25) is 5.02 Å². The Hall–Kier alpha value is -2.00. The van der Waals surface area contributed by atoms with E-state index < -0.39 is 0 Å². The van der Waals surface area contributed by atoms with Gasteiger partial charge >= 0.3 is 0 Å². The van der Waals surface area contributed by atoms with Crippen molar-refractivity contribution in [3.8, 4) is 5.75 Å². The molecule has 0 saturated heterocycles. The van der Waals surface area contributed by atoms with E-state index in [9.17, 15) is 4.39 Å². The Kier molecular flexibility index (Phi) is 2.91. The molecule has 1 aromatic heterocycles. The Bertz CT molecular complexity index is 734. The van der Waals surface area contributed by atoms with Gasteiger partial charge in [0.15, 0.2) is 5.75 Å². The Labute approximate surface area is 114 Å². The predicted octanol–water partition coefficient (Wildman–Crippen LogP) is 4.58. The molecule has 3 aromatic rings. The van der Waals surface area contributed by atoms with Crippen molar-refractivity contribution in [2.75, 3.05) is 0 Å². The Morgan fingerprint density at radius 3 is 2.53 bits per heavy atom. The van der Waals surface area contributed by atoms with Gasteiger partial charge in [0, 0.05) is 10.4 Å². The van der Waals surface area contributed by atoms with Crippen LogP contribution in [0, 0.1) is 12.7 Å². The van der Waals surface area contributed by atoms with E-state index >= 15 is 0 Å².